The largest absolute Gasteiger partial charge is 0.371 e. The number of halogens is 1. The number of rotatable bonds is 3. The van der Waals surface area contributed by atoms with Gasteiger partial charge >= 0.3 is 0 Å². The van der Waals surface area contributed by atoms with Crippen LogP contribution in [0.25, 0.3) is 0 Å². The number of benzene rings is 1. The summed E-state index contributed by atoms with van der Waals surface area (Å²) in [5.41, 5.74) is 2.83. The number of hydrogen-bond donors (Lipinski definition) is 0. The van der Waals surface area contributed by atoms with Crippen LogP contribution >= 0.6 is 11.6 Å². The third-order valence-corrected chi connectivity index (χ3v) is 4.31. The van der Waals surface area contributed by atoms with Gasteiger partial charge in [-0.15, -0.1) is 0 Å². The average molecular weight is 270 g/mol. The zero-order valence-electron chi connectivity index (χ0n) is 11.9. The molecule has 0 amide bonds. The predicted octanol–water partition coefficient (Wildman–Crippen LogP) is 2.47. The van der Waals surface area contributed by atoms with Crippen molar-refractivity contribution in [3.05, 3.63) is 22.7 Å². The van der Waals surface area contributed by atoms with Gasteiger partial charge in [0, 0.05) is 23.3 Å². The van der Waals surface area contributed by atoms with Gasteiger partial charge in [0.2, 0.25) is 0 Å². The van der Waals surface area contributed by atoms with Crippen LogP contribution in [0.2, 0.25) is 5.02 Å². The summed E-state index contributed by atoms with van der Waals surface area (Å²) in [6, 6.07) is 4.23. The molecule has 0 aromatic heterocycles. The third-order valence-electron chi connectivity index (χ3n) is 3.17. The molecule has 96 valence electrons. The van der Waals surface area contributed by atoms with E-state index in [1.54, 1.807) is 0 Å². The van der Waals surface area contributed by atoms with Crippen LogP contribution in [0.15, 0.2) is 12.1 Å². The molecule has 0 radical (unpaired) electrons. The van der Waals surface area contributed by atoms with E-state index in [-0.39, 0.29) is 5.41 Å². The van der Waals surface area contributed by atoms with E-state index in [1.807, 2.05) is 6.07 Å². The van der Waals surface area contributed by atoms with E-state index in [0.29, 0.717) is 0 Å². The van der Waals surface area contributed by atoms with Crippen molar-refractivity contribution in [2.45, 2.75) is 40.0 Å². The summed E-state index contributed by atoms with van der Waals surface area (Å²) in [6.07, 6.45) is 0. The van der Waals surface area contributed by atoms with Gasteiger partial charge in [-0.05, 0) is 30.9 Å². The van der Waals surface area contributed by atoms with Crippen molar-refractivity contribution in [2.24, 2.45) is 0 Å². The minimum atomic E-state index is 0.153. The molecule has 0 spiro atoms. The zero-order chi connectivity index (χ0) is 13.2. The summed E-state index contributed by atoms with van der Waals surface area (Å²) in [4.78, 5) is 2.37. The van der Waals surface area contributed by atoms with Crippen molar-refractivity contribution in [1.29, 1.82) is 0 Å². The Balaban J connectivity index is 3.50. The van der Waals surface area contributed by atoms with E-state index in [2.05, 4.69) is 45.6 Å². The highest BCUT2D eigenvalue weighted by Gasteiger charge is 2.24. The third kappa shape index (κ3) is 3.05. The minimum Gasteiger partial charge on any atom is -0.371 e. The van der Waals surface area contributed by atoms with Crippen molar-refractivity contribution in [2.75, 3.05) is 18.0 Å². The summed E-state index contributed by atoms with van der Waals surface area (Å²) in [7, 11) is 1.07. The van der Waals surface area contributed by atoms with Crippen LogP contribution in [0.4, 0.5) is 5.69 Å². The fourth-order valence-corrected chi connectivity index (χ4v) is 3.89. The SMILES string of the molecule is CCN(CC)c1c(Cl)ccc([SiH3])c1C(C)(C)C. The lowest BCUT2D eigenvalue weighted by molar-refractivity contribution is 0.591. The van der Waals surface area contributed by atoms with Crippen LogP contribution in [-0.2, 0) is 5.41 Å². The first-order valence-electron chi connectivity index (χ1n) is 6.37. The molecule has 0 fully saturated rings. The Morgan fingerprint density at radius 1 is 1.18 bits per heavy atom. The zero-order valence-corrected chi connectivity index (χ0v) is 14.7. The molecule has 3 heteroatoms. The van der Waals surface area contributed by atoms with Crippen LogP contribution in [-0.4, -0.2) is 23.3 Å². The molecule has 1 aromatic rings. The van der Waals surface area contributed by atoms with E-state index in [0.717, 1.165) is 28.4 Å². The van der Waals surface area contributed by atoms with Gasteiger partial charge in [-0.3, -0.25) is 0 Å². The highest BCUT2D eigenvalue weighted by atomic mass is 35.5. The lowest BCUT2D eigenvalue weighted by Crippen LogP contribution is -2.31. The Kier molecular flexibility index (Phi) is 4.67. The Labute approximate surface area is 114 Å². The summed E-state index contributed by atoms with van der Waals surface area (Å²) in [5, 5.41) is 2.35. The topological polar surface area (TPSA) is 3.24 Å². The summed E-state index contributed by atoms with van der Waals surface area (Å²) >= 11 is 6.43. The normalized spacial score (nSPS) is 11.9. The maximum atomic E-state index is 6.43. The lowest BCUT2D eigenvalue weighted by atomic mass is 9.85. The van der Waals surface area contributed by atoms with Crippen molar-refractivity contribution < 1.29 is 0 Å². The number of hydrogen-bond acceptors (Lipinski definition) is 1. The Hall–Kier alpha value is -0.473. The van der Waals surface area contributed by atoms with Crippen molar-refractivity contribution >= 4 is 32.7 Å². The molecule has 1 nitrogen and oxygen atoms in total. The first kappa shape index (κ1) is 14.6. The van der Waals surface area contributed by atoms with E-state index in [4.69, 9.17) is 11.6 Å². The van der Waals surface area contributed by atoms with Gasteiger partial charge in [-0.25, -0.2) is 0 Å². The molecule has 0 unspecified atom stereocenters. The highest BCUT2D eigenvalue weighted by molar-refractivity contribution is 6.37. The summed E-state index contributed by atoms with van der Waals surface area (Å²) in [5.74, 6) is 0. The van der Waals surface area contributed by atoms with E-state index < -0.39 is 0 Å². The molecular formula is C14H24ClNSi. The fourth-order valence-electron chi connectivity index (χ4n) is 2.46. The van der Waals surface area contributed by atoms with E-state index >= 15 is 0 Å². The van der Waals surface area contributed by atoms with E-state index in [1.165, 1.54) is 16.4 Å². The van der Waals surface area contributed by atoms with Crippen LogP contribution in [0.5, 0.6) is 0 Å². The molecule has 1 aromatic carbocycles. The standard InChI is InChI=1S/C14H24ClNSi/c1-6-16(7-2)13-10(15)8-9-11(17)12(13)14(3,4)5/h8-9H,6-7H2,1-5,17H3. The fraction of sp³-hybridized carbons (Fsp3) is 0.571. The van der Waals surface area contributed by atoms with Gasteiger partial charge in [0.25, 0.3) is 0 Å². The maximum absolute atomic E-state index is 6.43. The van der Waals surface area contributed by atoms with Crippen molar-refractivity contribution in [3.8, 4) is 0 Å². The van der Waals surface area contributed by atoms with Crippen molar-refractivity contribution in [1.82, 2.24) is 0 Å². The molecular weight excluding hydrogens is 246 g/mol. The minimum absolute atomic E-state index is 0.153. The lowest BCUT2D eigenvalue weighted by Gasteiger charge is -2.32. The van der Waals surface area contributed by atoms with Gasteiger partial charge in [-0.2, -0.15) is 0 Å². The molecule has 0 heterocycles. The highest BCUT2D eigenvalue weighted by Crippen LogP contribution is 2.35. The van der Waals surface area contributed by atoms with Gasteiger partial charge < -0.3 is 4.90 Å². The maximum Gasteiger partial charge on any atom is 0.0642 e. The molecule has 0 bridgehead atoms. The quantitative estimate of drug-likeness (QED) is 0.762. The Morgan fingerprint density at radius 3 is 2.12 bits per heavy atom. The monoisotopic (exact) mass is 269 g/mol. The van der Waals surface area contributed by atoms with Gasteiger partial charge in [0.1, 0.15) is 0 Å². The molecule has 0 N–H and O–H groups in total. The van der Waals surface area contributed by atoms with Crippen LogP contribution < -0.4 is 10.1 Å². The van der Waals surface area contributed by atoms with Crippen LogP contribution in [0, 0.1) is 0 Å². The van der Waals surface area contributed by atoms with Gasteiger partial charge in [0.05, 0.1) is 10.7 Å². The smallest absolute Gasteiger partial charge is 0.0642 e. The molecule has 0 saturated heterocycles. The number of anilines is 1. The van der Waals surface area contributed by atoms with Gasteiger partial charge in [0.15, 0.2) is 0 Å². The molecule has 0 aliphatic heterocycles. The summed E-state index contributed by atoms with van der Waals surface area (Å²) < 4.78 is 0. The second-order valence-electron chi connectivity index (χ2n) is 5.51. The van der Waals surface area contributed by atoms with Crippen LogP contribution in [0.1, 0.15) is 40.2 Å². The predicted molar refractivity (Wildman–Crippen MR) is 83.3 cm³/mol. The molecule has 0 aliphatic carbocycles. The number of nitrogens with zero attached hydrogens (tertiary/aromatic N) is 1. The first-order chi connectivity index (χ1) is 7.82. The van der Waals surface area contributed by atoms with Crippen molar-refractivity contribution in [3.63, 3.8) is 0 Å². The average Bonchev–Trinajstić information content (AvgIpc) is 2.23. The van der Waals surface area contributed by atoms with Gasteiger partial charge in [-0.1, -0.05) is 43.6 Å². The Bertz CT molecular complexity index is 392. The Morgan fingerprint density at radius 2 is 1.71 bits per heavy atom. The molecule has 1 rings (SSSR count). The molecule has 0 atom stereocenters. The van der Waals surface area contributed by atoms with Crippen LogP contribution in [0.3, 0.4) is 0 Å². The molecule has 0 saturated carbocycles. The second kappa shape index (κ2) is 5.45. The molecule has 17 heavy (non-hydrogen) atoms. The first-order valence-corrected chi connectivity index (χ1v) is 7.75. The summed E-state index contributed by atoms with van der Waals surface area (Å²) in [6.45, 7) is 13.2. The molecule has 0 aliphatic rings. The second-order valence-corrected chi connectivity index (χ2v) is 6.99. The van der Waals surface area contributed by atoms with E-state index in [9.17, 15) is 0 Å².